The van der Waals surface area contributed by atoms with Gasteiger partial charge in [-0.25, -0.2) is 22.2 Å². The standard InChI is InChI=1S/C23H20F5N3O2S2/c1-13(15-5-9-19(18(25)11-15)31-35(2,32)33)22(34)29-12-16-6-10-20(23(26,27)28)30-21(16)14-3-7-17(24)8-4-14/h3-11,13,31H,12H2,1-2H3,(H,29,34). The quantitative estimate of drug-likeness (QED) is 0.306. The van der Waals surface area contributed by atoms with Crippen molar-refractivity contribution >= 4 is 32.9 Å². The van der Waals surface area contributed by atoms with Gasteiger partial charge >= 0.3 is 6.18 Å². The van der Waals surface area contributed by atoms with Crippen molar-refractivity contribution in [1.82, 2.24) is 10.3 Å². The first-order valence-corrected chi connectivity index (χ1v) is 12.4. The maximum atomic E-state index is 14.3. The average molecular weight is 530 g/mol. The van der Waals surface area contributed by atoms with E-state index in [2.05, 4.69) is 15.0 Å². The van der Waals surface area contributed by atoms with Crippen molar-refractivity contribution in [2.24, 2.45) is 0 Å². The largest absolute Gasteiger partial charge is 0.433 e. The molecule has 0 aliphatic rings. The highest BCUT2D eigenvalue weighted by molar-refractivity contribution is 7.92. The van der Waals surface area contributed by atoms with Gasteiger partial charge in [0.15, 0.2) is 0 Å². The zero-order valence-corrected chi connectivity index (χ0v) is 20.1. The van der Waals surface area contributed by atoms with Gasteiger partial charge in [0.05, 0.1) is 22.6 Å². The zero-order chi connectivity index (χ0) is 26.0. The lowest BCUT2D eigenvalue weighted by molar-refractivity contribution is -0.141. The topological polar surface area (TPSA) is 71.1 Å². The predicted octanol–water partition coefficient (Wildman–Crippen LogP) is 5.64. The number of sulfonamides is 1. The Morgan fingerprint density at radius 2 is 1.71 bits per heavy atom. The van der Waals surface area contributed by atoms with Crippen LogP contribution in [0.2, 0.25) is 0 Å². The summed E-state index contributed by atoms with van der Waals surface area (Å²) < 4.78 is 92.0. The fourth-order valence-corrected chi connectivity index (χ4v) is 3.99. The molecule has 0 saturated heterocycles. The lowest BCUT2D eigenvalue weighted by Gasteiger charge is -2.18. The average Bonchev–Trinajstić information content (AvgIpc) is 2.77. The molecule has 0 radical (unpaired) electrons. The number of nitrogens with one attached hydrogen (secondary N) is 2. The van der Waals surface area contributed by atoms with Gasteiger partial charge in [-0.2, -0.15) is 13.2 Å². The molecule has 0 saturated carbocycles. The van der Waals surface area contributed by atoms with Crippen molar-refractivity contribution in [2.45, 2.75) is 25.6 Å². The Labute approximate surface area is 204 Å². The molecule has 0 bridgehead atoms. The van der Waals surface area contributed by atoms with Gasteiger partial charge in [-0.05, 0) is 53.6 Å². The molecular weight excluding hydrogens is 509 g/mol. The van der Waals surface area contributed by atoms with Crippen molar-refractivity contribution in [1.29, 1.82) is 0 Å². The minimum Gasteiger partial charge on any atom is -0.375 e. The van der Waals surface area contributed by atoms with Gasteiger partial charge in [-0.3, -0.25) is 4.72 Å². The molecule has 0 aliphatic carbocycles. The molecule has 0 spiro atoms. The second-order valence-corrected chi connectivity index (χ2v) is 9.95. The van der Waals surface area contributed by atoms with E-state index in [1.54, 1.807) is 6.92 Å². The number of hydrogen-bond acceptors (Lipinski definition) is 4. The summed E-state index contributed by atoms with van der Waals surface area (Å²) in [5.41, 5.74) is -0.132. The van der Waals surface area contributed by atoms with Crippen LogP contribution in [0.4, 0.5) is 27.6 Å². The Bertz CT molecular complexity index is 1340. The Kier molecular flexibility index (Phi) is 7.75. The Morgan fingerprint density at radius 1 is 1.06 bits per heavy atom. The minimum absolute atomic E-state index is 0.0111. The Morgan fingerprint density at radius 3 is 2.29 bits per heavy atom. The molecule has 1 heterocycles. The lowest BCUT2D eigenvalue weighted by atomic mass is 10.00. The molecule has 1 unspecified atom stereocenters. The van der Waals surface area contributed by atoms with Gasteiger partial charge in [0.25, 0.3) is 0 Å². The lowest BCUT2D eigenvalue weighted by Crippen LogP contribution is -2.26. The zero-order valence-electron chi connectivity index (χ0n) is 18.5. The second-order valence-electron chi connectivity index (χ2n) is 7.76. The summed E-state index contributed by atoms with van der Waals surface area (Å²) in [5, 5.41) is 2.95. The van der Waals surface area contributed by atoms with E-state index in [0.717, 1.165) is 30.5 Å². The summed E-state index contributed by atoms with van der Waals surface area (Å²) in [6, 6.07) is 11.0. The third-order valence-corrected chi connectivity index (χ3v) is 6.11. The fourth-order valence-electron chi connectivity index (χ4n) is 3.22. The van der Waals surface area contributed by atoms with Gasteiger partial charge in [-0.1, -0.05) is 31.3 Å². The number of anilines is 1. The molecule has 35 heavy (non-hydrogen) atoms. The predicted molar refractivity (Wildman–Crippen MR) is 127 cm³/mol. The number of aromatic nitrogens is 1. The summed E-state index contributed by atoms with van der Waals surface area (Å²) in [7, 11) is -3.66. The summed E-state index contributed by atoms with van der Waals surface area (Å²) in [5.74, 6) is -1.82. The highest BCUT2D eigenvalue weighted by atomic mass is 32.2. The van der Waals surface area contributed by atoms with Crippen LogP contribution in [0.1, 0.15) is 29.7 Å². The second kappa shape index (κ2) is 10.2. The van der Waals surface area contributed by atoms with Crippen LogP contribution in [-0.4, -0.2) is 24.6 Å². The molecule has 3 aromatic rings. The Hall–Kier alpha value is -3.12. The van der Waals surface area contributed by atoms with E-state index in [0.29, 0.717) is 16.7 Å². The molecule has 2 aromatic carbocycles. The molecule has 2 N–H and O–H groups in total. The highest BCUT2D eigenvalue weighted by Crippen LogP contribution is 2.31. The number of halogens is 5. The van der Waals surface area contributed by atoms with E-state index in [-0.39, 0.29) is 22.9 Å². The van der Waals surface area contributed by atoms with Crippen molar-refractivity contribution in [3.8, 4) is 11.3 Å². The number of alkyl halides is 3. The maximum absolute atomic E-state index is 14.3. The van der Waals surface area contributed by atoms with Crippen molar-refractivity contribution in [3.05, 3.63) is 83.1 Å². The molecule has 1 aromatic heterocycles. The number of hydrogen-bond donors (Lipinski definition) is 2. The van der Waals surface area contributed by atoms with Crippen LogP contribution in [0, 0.1) is 11.6 Å². The van der Waals surface area contributed by atoms with Crippen LogP contribution in [0.5, 0.6) is 0 Å². The Balaban J connectivity index is 1.81. The van der Waals surface area contributed by atoms with E-state index < -0.39 is 39.4 Å². The number of benzene rings is 2. The van der Waals surface area contributed by atoms with Crippen LogP contribution >= 0.6 is 12.2 Å². The molecule has 5 nitrogen and oxygen atoms in total. The first-order valence-electron chi connectivity index (χ1n) is 10.1. The molecule has 0 amide bonds. The van der Waals surface area contributed by atoms with Crippen LogP contribution in [0.3, 0.4) is 0 Å². The first kappa shape index (κ1) is 26.5. The highest BCUT2D eigenvalue weighted by Gasteiger charge is 2.33. The summed E-state index contributed by atoms with van der Waals surface area (Å²) in [6.07, 6.45) is -3.76. The number of rotatable bonds is 7. The third kappa shape index (κ3) is 6.95. The molecule has 3 rings (SSSR count). The third-order valence-electron chi connectivity index (χ3n) is 5.02. The van der Waals surface area contributed by atoms with Gasteiger partial charge in [0.1, 0.15) is 17.3 Å². The van der Waals surface area contributed by atoms with Crippen molar-refractivity contribution in [2.75, 3.05) is 11.0 Å². The van der Waals surface area contributed by atoms with Gasteiger partial charge < -0.3 is 5.32 Å². The molecule has 1 atom stereocenters. The number of thiocarbonyl (C=S) groups is 1. The van der Waals surface area contributed by atoms with Crippen LogP contribution in [0.15, 0.2) is 54.6 Å². The molecule has 0 aliphatic heterocycles. The van der Waals surface area contributed by atoms with Crippen molar-refractivity contribution < 1.29 is 30.4 Å². The van der Waals surface area contributed by atoms with E-state index >= 15 is 0 Å². The SMILES string of the molecule is CC(C(=S)NCc1ccc(C(F)(F)F)nc1-c1ccc(F)cc1)c1ccc(NS(C)(=O)=O)c(F)c1. The van der Waals surface area contributed by atoms with Crippen LogP contribution < -0.4 is 10.0 Å². The minimum atomic E-state index is -4.66. The van der Waals surface area contributed by atoms with Gasteiger partial charge in [-0.15, -0.1) is 0 Å². The molecular formula is C23H20F5N3O2S2. The van der Waals surface area contributed by atoms with E-state index in [4.69, 9.17) is 12.2 Å². The first-order chi connectivity index (χ1) is 16.2. The maximum Gasteiger partial charge on any atom is 0.433 e. The summed E-state index contributed by atoms with van der Waals surface area (Å²) in [6.45, 7) is 1.71. The normalized spacial score (nSPS) is 12.8. The van der Waals surface area contributed by atoms with Crippen LogP contribution in [-0.2, 0) is 22.7 Å². The van der Waals surface area contributed by atoms with E-state index in [1.165, 1.54) is 30.3 Å². The van der Waals surface area contributed by atoms with Gasteiger partial charge in [0.2, 0.25) is 10.0 Å². The molecule has 0 fully saturated rings. The van der Waals surface area contributed by atoms with Crippen molar-refractivity contribution in [3.63, 3.8) is 0 Å². The van der Waals surface area contributed by atoms with E-state index in [1.807, 2.05) is 0 Å². The number of nitrogens with zero attached hydrogens (tertiary/aromatic N) is 1. The summed E-state index contributed by atoms with van der Waals surface area (Å²) in [4.78, 5) is 4.02. The fraction of sp³-hybridized carbons (Fsp3) is 0.217. The van der Waals surface area contributed by atoms with Crippen LogP contribution in [0.25, 0.3) is 11.3 Å². The summed E-state index contributed by atoms with van der Waals surface area (Å²) >= 11 is 5.39. The monoisotopic (exact) mass is 529 g/mol. The smallest absolute Gasteiger partial charge is 0.375 e. The molecule has 12 heteroatoms. The number of pyridine rings is 1. The van der Waals surface area contributed by atoms with E-state index in [9.17, 15) is 30.4 Å². The van der Waals surface area contributed by atoms with Gasteiger partial charge in [0, 0.05) is 18.0 Å². The molecule has 186 valence electrons.